The van der Waals surface area contributed by atoms with Gasteiger partial charge in [-0.25, -0.2) is 15.0 Å². The van der Waals surface area contributed by atoms with E-state index in [9.17, 15) is 0 Å². The molecule has 0 aliphatic rings. The van der Waals surface area contributed by atoms with Crippen LogP contribution in [0.4, 0.5) is 0 Å². The van der Waals surface area contributed by atoms with Crippen molar-refractivity contribution in [1.82, 2.24) is 15.0 Å². The first-order valence-corrected chi connectivity index (χ1v) is 15.3. The summed E-state index contributed by atoms with van der Waals surface area (Å²) in [6, 6.07) is 44.1. The summed E-state index contributed by atoms with van der Waals surface area (Å²) in [4.78, 5) is 15.0. The fourth-order valence-corrected chi connectivity index (χ4v) is 6.49. The van der Waals surface area contributed by atoms with E-state index in [0.29, 0.717) is 56.2 Å². The third-order valence-corrected chi connectivity index (χ3v) is 8.85. The van der Waals surface area contributed by atoms with Crippen LogP contribution in [0.3, 0.4) is 0 Å². The van der Waals surface area contributed by atoms with Crippen molar-refractivity contribution in [2.24, 2.45) is 0 Å². The lowest BCUT2D eigenvalue weighted by atomic mass is 10.00. The van der Waals surface area contributed by atoms with Crippen LogP contribution in [0.25, 0.3) is 88.8 Å². The van der Waals surface area contributed by atoms with Crippen LogP contribution in [-0.4, -0.2) is 15.0 Å². The number of furan rings is 1. The van der Waals surface area contributed by atoms with E-state index in [4.69, 9.17) is 33.7 Å². The van der Waals surface area contributed by atoms with Crippen molar-refractivity contribution in [2.75, 3.05) is 0 Å². The molecule has 2 aromatic heterocycles. The van der Waals surface area contributed by atoms with Crippen molar-refractivity contribution < 1.29 is 7.16 Å². The maximum Gasteiger partial charge on any atom is 0.165 e. The molecule has 0 saturated heterocycles. The predicted molar refractivity (Wildman–Crippen MR) is 189 cm³/mol. The molecule has 0 bridgehead atoms. The first-order chi connectivity index (χ1) is 23.5. The van der Waals surface area contributed by atoms with Crippen LogP contribution in [0.15, 0.2) is 150 Å². The highest BCUT2D eigenvalue weighted by molar-refractivity contribution is 6.38. The van der Waals surface area contributed by atoms with Crippen molar-refractivity contribution in [1.29, 1.82) is 0 Å². The molecule has 0 radical (unpaired) electrons. The molecule has 7 aromatic carbocycles. The summed E-state index contributed by atoms with van der Waals surface area (Å²) in [6.07, 6.45) is 0. The van der Waals surface area contributed by atoms with Crippen LogP contribution in [0.5, 0.6) is 0 Å². The number of halogens is 1. The third kappa shape index (κ3) is 4.42. The van der Waals surface area contributed by atoms with Gasteiger partial charge < -0.3 is 4.42 Å². The van der Waals surface area contributed by atoms with E-state index in [0.717, 1.165) is 43.6 Å². The monoisotopic (exact) mass is 611 g/mol. The number of para-hydroxylation sites is 1. The molecule has 0 unspecified atom stereocenters. The zero-order valence-corrected chi connectivity index (χ0v) is 25.1. The van der Waals surface area contributed by atoms with Crippen LogP contribution >= 0.6 is 11.6 Å². The molecule has 0 fully saturated rings. The van der Waals surface area contributed by atoms with E-state index < -0.39 is 0 Å². The highest BCUT2D eigenvalue weighted by Crippen LogP contribution is 2.38. The Morgan fingerprint density at radius 3 is 2.07 bits per heavy atom. The van der Waals surface area contributed by atoms with Crippen LogP contribution in [0.2, 0.25) is 5.02 Å². The molecule has 2 heterocycles. The lowest BCUT2D eigenvalue weighted by Gasteiger charge is -2.12. The van der Waals surface area contributed by atoms with Crippen LogP contribution in [0, 0.1) is 0 Å². The molecular formula is C41H24ClN3O. The molecule has 0 saturated carbocycles. The number of nitrogens with zero attached hydrogens (tertiary/aromatic N) is 3. The summed E-state index contributed by atoms with van der Waals surface area (Å²) in [5, 5.41) is 6.01. The largest absolute Gasteiger partial charge is 0.456 e. The fourth-order valence-electron chi connectivity index (χ4n) is 6.17. The molecule has 0 atom stereocenters. The topological polar surface area (TPSA) is 51.8 Å². The van der Waals surface area contributed by atoms with Crippen molar-refractivity contribution in [3.63, 3.8) is 0 Å². The van der Waals surface area contributed by atoms with Crippen molar-refractivity contribution in [3.05, 3.63) is 151 Å². The van der Waals surface area contributed by atoms with E-state index >= 15 is 0 Å². The normalized spacial score (nSPS) is 12.2. The van der Waals surface area contributed by atoms with Gasteiger partial charge in [-0.3, -0.25) is 0 Å². The van der Waals surface area contributed by atoms with Gasteiger partial charge >= 0.3 is 0 Å². The summed E-state index contributed by atoms with van der Waals surface area (Å²) >= 11 is 7.05. The smallest absolute Gasteiger partial charge is 0.165 e. The molecule has 46 heavy (non-hydrogen) atoms. The van der Waals surface area contributed by atoms with Gasteiger partial charge in [0, 0.05) is 32.8 Å². The van der Waals surface area contributed by atoms with Gasteiger partial charge in [0.15, 0.2) is 17.5 Å². The first kappa shape index (κ1) is 24.5. The van der Waals surface area contributed by atoms with Gasteiger partial charge in [0.05, 0.1) is 7.76 Å². The second-order valence-corrected chi connectivity index (χ2v) is 11.6. The van der Waals surface area contributed by atoms with Crippen LogP contribution < -0.4 is 0 Å². The quantitative estimate of drug-likeness (QED) is 0.199. The lowest BCUT2D eigenvalue weighted by molar-refractivity contribution is 0.669. The van der Waals surface area contributed by atoms with E-state index in [1.807, 2.05) is 60.7 Å². The molecule has 5 heteroatoms. The number of hydrogen-bond acceptors (Lipinski definition) is 4. The van der Waals surface area contributed by atoms with Gasteiger partial charge in [-0.15, -0.1) is 0 Å². The maximum atomic E-state index is 9.04. The van der Waals surface area contributed by atoms with Crippen LogP contribution in [-0.2, 0) is 0 Å². The van der Waals surface area contributed by atoms with Gasteiger partial charge in [-0.05, 0) is 57.6 Å². The van der Waals surface area contributed by atoms with Crippen molar-refractivity contribution in [2.45, 2.75) is 0 Å². The van der Waals surface area contributed by atoms with Gasteiger partial charge in [-0.2, -0.15) is 0 Å². The molecule has 0 aliphatic carbocycles. The van der Waals surface area contributed by atoms with Crippen LogP contribution in [0.1, 0.15) is 2.74 Å². The van der Waals surface area contributed by atoms with E-state index in [-0.39, 0.29) is 6.04 Å². The minimum absolute atomic E-state index is 0.236. The Bertz CT molecular complexity index is 2730. The maximum absolute atomic E-state index is 9.04. The minimum atomic E-state index is 0.236. The Balaban J connectivity index is 1.28. The Morgan fingerprint density at radius 1 is 0.500 bits per heavy atom. The molecule has 0 aliphatic heterocycles. The zero-order valence-electron chi connectivity index (χ0n) is 26.3. The molecule has 0 N–H and O–H groups in total. The fraction of sp³-hybridized carbons (Fsp3) is 0. The summed E-state index contributed by atoms with van der Waals surface area (Å²) in [6.45, 7) is 0. The molecular weight excluding hydrogens is 586 g/mol. The number of fused-ring (bicyclic) bond motifs is 5. The molecule has 216 valence electrons. The highest BCUT2D eigenvalue weighted by atomic mass is 35.5. The predicted octanol–water partition coefficient (Wildman–Crippen LogP) is 11.4. The molecule has 0 spiro atoms. The van der Waals surface area contributed by atoms with E-state index in [1.165, 1.54) is 0 Å². The Labute approximate surface area is 272 Å². The van der Waals surface area contributed by atoms with Gasteiger partial charge in [0.1, 0.15) is 11.2 Å². The average molecular weight is 612 g/mol. The summed E-state index contributed by atoms with van der Waals surface area (Å²) in [5.74, 6) is 1.18. The van der Waals surface area contributed by atoms with Gasteiger partial charge in [0.25, 0.3) is 0 Å². The molecule has 9 rings (SSSR count). The summed E-state index contributed by atoms with van der Waals surface area (Å²) in [5.41, 5.74) is 5.50. The average Bonchev–Trinajstić information content (AvgIpc) is 3.49. The second kappa shape index (κ2) is 10.7. The first-order valence-electron chi connectivity index (χ1n) is 16.0. The Morgan fingerprint density at radius 2 is 1.20 bits per heavy atom. The number of hydrogen-bond donors (Lipinski definition) is 0. The highest BCUT2D eigenvalue weighted by Gasteiger charge is 2.19. The van der Waals surface area contributed by atoms with Crippen molar-refractivity contribution >= 4 is 55.1 Å². The standard InChI is InChI=1S/C41H24ClN3O/c42-38-31-12-5-4-11-26(31)21-22-34(38)41-44-39(30-20-19-28-23-27(17-18-29(28)24-30)25-9-2-1-3-10-25)43-40(45-41)33-14-8-16-36-37(33)32-13-6-7-15-35(32)46-36/h1-24H/i6D,14D. The van der Waals surface area contributed by atoms with E-state index in [2.05, 4.69) is 42.5 Å². The van der Waals surface area contributed by atoms with Crippen molar-refractivity contribution in [3.8, 4) is 45.3 Å². The van der Waals surface area contributed by atoms with Gasteiger partial charge in [-0.1, -0.05) is 127 Å². The lowest BCUT2D eigenvalue weighted by Crippen LogP contribution is -2.01. The second-order valence-electron chi connectivity index (χ2n) is 11.2. The summed E-state index contributed by atoms with van der Waals surface area (Å²) < 4.78 is 23.5. The summed E-state index contributed by atoms with van der Waals surface area (Å²) in [7, 11) is 0. The Hall–Kier alpha value is -5.84. The number of rotatable bonds is 4. The molecule has 4 nitrogen and oxygen atoms in total. The molecule has 9 aromatic rings. The number of aromatic nitrogens is 3. The SMILES string of the molecule is [2H]c1ccc2oc3ccc([2H])c(-c4nc(-c5ccc6cc(-c7ccccc7)ccc6c5)nc(-c5ccc6ccccc6c5Cl)n4)c3c2c1. The zero-order chi connectivity index (χ0) is 32.4. The number of benzene rings is 7. The molecule has 0 amide bonds. The van der Waals surface area contributed by atoms with E-state index in [1.54, 1.807) is 30.3 Å². The third-order valence-electron chi connectivity index (χ3n) is 8.44. The van der Waals surface area contributed by atoms with Gasteiger partial charge in [0.2, 0.25) is 0 Å². The minimum Gasteiger partial charge on any atom is -0.456 e. The Kier molecular flexibility index (Phi) is 5.67.